The molecule has 2 aromatic carbocycles. The van der Waals surface area contributed by atoms with Crippen molar-refractivity contribution >= 4 is 34.8 Å². The largest absolute Gasteiger partial charge is 0.490 e. The number of ether oxygens (including phenoxy) is 1. The molecule has 23 heavy (non-hydrogen) atoms. The number of halogens is 2. The van der Waals surface area contributed by atoms with E-state index in [-0.39, 0.29) is 12.0 Å². The van der Waals surface area contributed by atoms with Gasteiger partial charge in [-0.05, 0) is 56.0 Å². The fraction of sp³-hybridized carbons (Fsp3) is 0.278. The second-order valence-corrected chi connectivity index (χ2v) is 6.47. The third-order valence-electron chi connectivity index (χ3n) is 3.87. The summed E-state index contributed by atoms with van der Waals surface area (Å²) in [4.78, 5) is 12.3. The van der Waals surface area contributed by atoms with Crippen LogP contribution < -0.4 is 10.1 Å². The molecule has 1 aliphatic carbocycles. The van der Waals surface area contributed by atoms with Gasteiger partial charge in [-0.15, -0.1) is 0 Å². The number of benzene rings is 2. The second kappa shape index (κ2) is 7.24. The van der Waals surface area contributed by atoms with Gasteiger partial charge in [0.15, 0.2) is 0 Å². The van der Waals surface area contributed by atoms with Crippen LogP contribution in [0.3, 0.4) is 0 Å². The lowest BCUT2D eigenvalue weighted by Crippen LogP contribution is -2.13. The molecule has 3 rings (SSSR count). The summed E-state index contributed by atoms with van der Waals surface area (Å²) in [6.07, 6.45) is 4.90. The lowest BCUT2D eigenvalue weighted by atomic mass is 10.2. The first kappa shape index (κ1) is 16.2. The SMILES string of the molecule is O=C(Nc1cccc(OC2CCCC2)c1)c1cc(Cl)ccc1Cl. The van der Waals surface area contributed by atoms with E-state index in [1.165, 1.54) is 12.8 Å². The van der Waals surface area contributed by atoms with Crippen molar-refractivity contribution in [1.29, 1.82) is 0 Å². The molecule has 0 radical (unpaired) electrons. The van der Waals surface area contributed by atoms with Crippen molar-refractivity contribution in [3.8, 4) is 5.75 Å². The minimum atomic E-state index is -0.296. The van der Waals surface area contributed by atoms with Crippen molar-refractivity contribution in [3.63, 3.8) is 0 Å². The van der Waals surface area contributed by atoms with Crippen LogP contribution >= 0.6 is 23.2 Å². The van der Waals surface area contributed by atoms with Crippen molar-refractivity contribution in [2.24, 2.45) is 0 Å². The second-order valence-electron chi connectivity index (χ2n) is 5.63. The predicted octanol–water partition coefficient (Wildman–Crippen LogP) is 5.57. The number of hydrogen-bond acceptors (Lipinski definition) is 2. The molecule has 1 N–H and O–H groups in total. The highest BCUT2D eigenvalue weighted by Gasteiger charge is 2.17. The minimum Gasteiger partial charge on any atom is -0.490 e. The summed E-state index contributed by atoms with van der Waals surface area (Å²) in [7, 11) is 0. The van der Waals surface area contributed by atoms with Crippen LogP contribution in [0.4, 0.5) is 5.69 Å². The van der Waals surface area contributed by atoms with Crippen LogP contribution in [0.5, 0.6) is 5.75 Å². The standard InChI is InChI=1S/C18H17Cl2NO2/c19-12-8-9-17(20)16(10-12)18(22)21-13-4-3-7-15(11-13)23-14-5-1-2-6-14/h3-4,7-11,14H,1-2,5-6H2,(H,21,22). The van der Waals surface area contributed by atoms with Crippen molar-refractivity contribution in [2.45, 2.75) is 31.8 Å². The number of carbonyl (C=O) groups excluding carboxylic acids is 1. The minimum absolute atomic E-state index is 0.281. The van der Waals surface area contributed by atoms with Crippen LogP contribution in [0, 0.1) is 0 Å². The molecule has 1 aliphatic rings. The molecule has 1 amide bonds. The molecule has 1 fully saturated rings. The van der Waals surface area contributed by atoms with Gasteiger partial charge in [0.25, 0.3) is 5.91 Å². The molecule has 0 aliphatic heterocycles. The predicted molar refractivity (Wildman–Crippen MR) is 93.7 cm³/mol. The van der Waals surface area contributed by atoms with E-state index in [1.54, 1.807) is 18.2 Å². The van der Waals surface area contributed by atoms with E-state index in [0.717, 1.165) is 18.6 Å². The molecule has 0 saturated heterocycles. The molecule has 2 aromatic rings. The Balaban J connectivity index is 1.72. The molecule has 5 heteroatoms. The lowest BCUT2D eigenvalue weighted by Gasteiger charge is -2.14. The molecule has 0 heterocycles. The fourth-order valence-corrected chi connectivity index (χ4v) is 3.09. The van der Waals surface area contributed by atoms with E-state index in [1.807, 2.05) is 24.3 Å². The van der Waals surface area contributed by atoms with Gasteiger partial charge in [-0.2, -0.15) is 0 Å². The molecular formula is C18H17Cl2NO2. The Kier molecular flexibility index (Phi) is 5.09. The summed E-state index contributed by atoms with van der Waals surface area (Å²) in [5, 5.41) is 3.67. The summed E-state index contributed by atoms with van der Waals surface area (Å²) in [6, 6.07) is 12.2. The van der Waals surface area contributed by atoms with Gasteiger partial charge in [0, 0.05) is 16.8 Å². The third-order valence-corrected chi connectivity index (χ3v) is 4.43. The van der Waals surface area contributed by atoms with E-state index in [9.17, 15) is 4.79 Å². The van der Waals surface area contributed by atoms with Crippen LogP contribution in [0.25, 0.3) is 0 Å². The Morgan fingerprint density at radius 3 is 2.65 bits per heavy atom. The third kappa shape index (κ3) is 4.18. The quantitative estimate of drug-likeness (QED) is 0.783. The number of carbonyl (C=O) groups is 1. The average Bonchev–Trinajstić information content (AvgIpc) is 3.03. The number of anilines is 1. The Morgan fingerprint density at radius 1 is 1.09 bits per heavy atom. The molecule has 1 saturated carbocycles. The highest BCUT2D eigenvalue weighted by Crippen LogP contribution is 2.27. The van der Waals surface area contributed by atoms with Crippen molar-refractivity contribution < 1.29 is 9.53 Å². The maximum Gasteiger partial charge on any atom is 0.257 e. The maximum absolute atomic E-state index is 12.3. The van der Waals surface area contributed by atoms with E-state index >= 15 is 0 Å². The van der Waals surface area contributed by atoms with Gasteiger partial charge in [-0.25, -0.2) is 0 Å². The Labute approximate surface area is 145 Å². The average molecular weight is 350 g/mol. The zero-order chi connectivity index (χ0) is 16.2. The first-order valence-corrected chi connectivity index (χ1v) is 8.40. The van der Waals surface area contributed by atoms with Crippen LogP contribution in [0.2, 0.25) is 10.0 Å². The molecule has 0 unspecified atom stereocenters. The van der Waals surface area contributed by atoms with Gasteiger partial charge < -0.3 is 10.1 Å². The fourth-order valence-electron chi connectivity index (χ4n) is 2.72. The summed E-state index contributed by atoms with van der Waals surface area (Å²) in [5.74, 6) is 0.474. The number of nitrogens with one attached hydrogen (secondary N) is 1. The molecule has 0 bridgehead atoms. The summed E-state index contributed by atoms with van der Waals surface area (Å²) in [6.45, 7) is 0. The summed E-state index contributed by atoms with van der Waals surface area (Å²) >= 11 is 12.0. The number of rotatable bonds is 4. The molecule has 0 aromatic heterocycles. The molecular weight excluding hydrogens is 333 g/mol. The van der Waals surface area contributed by atoms with E-state index in [2.05, 4.69) is 5.32 Å². The monoisotopic (exact) mass is 349 g/mol. The highest BCUT2D eigenvalue weighted by atomic mass is 35.5. The van der Waals surface area contributed by atoms with Crippen molar-refractivity contribution in [3.05, 3.63) is 58.1 Å². The Morgan fingerprint density at radius 2 is 1.87 bits per heavy atom. The van der Waals surface area contributed by atoms with E-state index in [0.29, 0.717) is 21.3 Å². The Hall–Kier alpha value is -1.71. The zero-order valence-corrected chi connectivity index (χ0v) is 14.0. The number of hydrogen-bond donors (Lipinski definition) is 1. The van der Waals surface area contributed by atoms with Gasteiger partial charge in [0.05, 0.1) is 16.7 Å². The summed E-state index contributed by atoms with van der Waals surface area (Å²) in [5.41, 5.74) is 1.02. The van der Waals surface area contributed by atoms with Crippen LogP contribution in [-0.4, -0.2) is 12.0 Å². The summed E-state index contributed by atoms with van der Waals surface area (Å²) < 4.78 is 5.95. The first-order valence-electron chi connectivity index (χ1n) is 7.65. The normalized spacial score (nSPS) is 14.7. The molecule has 0 atom stereocenters. The van der Waals surface area contributed by atoms with Gasteiger partial charge in [0.1, 0.15) is 5.75 Å². The Bertz CT molecular complexity index is 712. The van der Waals surface area contributed by atoms with Gasteiger partial charge >= 0.3 is 0 Å². The van der Waals surface area contributed by atoms with Gasteiger partial charge in [0.2, 0.25) is 0 Å². The molecule has 0 spiro atoms. The first-order chi connectivity index (χ1) is 11.1. The molecule has 3 nitrogen and oxygen atoms in total. The highest BCUT2D eigenvalue weighted by molar-refractivity contribution is 6.36. The van der Waals surface area contributed by atoms with E-state index in [4.69, 9.17) is 27.9 Å². The van der Waals surface area contributed by atoms with E-state index < -0.39 is 0 Å². The topological polar surface area (TPSA) is 38.3 Å². The van der Waals surface area contributed by atoms with Gasteiger partial charge in [-0.1, -0.05) is 29.3 Å². The molecule has 120 valence electrons. The number of amides is 1. The van der Waals surface area contributed by atoms with Crippen molar-refractivity contribution in [2.75, 3.05) is 5.32 Å². The van der Waals surface area contributed by atoms with Crippen LogP contribution in [0.15, 0.2) is 42.5 Å². The zero-order valence-electron chi connectivity index (χ0n) is 12.5. The smallest absolute Gasteiger partial charge is 0.257 e. The van der Waals surface area contributed by atoms with Crippen LogP contribution in [0.1, 0.15) is 36.0 Å². The maximum atomic E-state index is 12.3. The van der Waals surface area contributed by atoms with Crippen LogP contribution in [-0.2, 0) is 0 Å². The van der Waals surface area contributed by atoms with Crippen molar-refractivity contribution in [1.82, 2.24) is 0 Å². The van der Waals surface area contributed by atoms with Gasteiger partial charge in [-0.3, -0.25) is 4.79 Å². The lowest BCUT2D eigenvalue weighted by molar-refractivity contribution is 0.102.